The van der Waals surface area contributed by atoms with Crippen molar-refractivity contribution in [1.29, 1.82) is 0 Å². The summed E-state index contributed by atoms with van der Waals surface area (Å²) in [5, 5.41) is 0. The van der Waals surface area contributed by atoms with E-state index in [9.17, 15) is 4.79 Å². The van der Waals surface area contributed by atoms with Crippen molar-refractivity contribution in [3.8, 4) is 0 Å². The van der Waals surface area contributed by atoms with Gasteiger partial charge < -0.3 is 5.73 Å². The number of nitrogens with zero attached hydrogens (tertiary/aromatic N) is 1. The summed E-state index contributed by atoms with van der Waals surface area (Å²) >= 11 is 1.81. The Morgan fingerprint density at radius 1 is 1.40 bits per heavy atom. The van der Waals surface area contributed by atoms with Crippen molar-refractivity contribution < 1.29 is 4.79 Å². The number of carbonyl (C=O) groups excluding carboxylic acids is 1. The van der Waals surface area contributed by atoms with Gasteiger partial charge in [-0.2, -0.15) is 11.8 Å². The quantitative estimate of drug-likeness (QED) is 0.838. The molecule has 1 aromatic carbocycles. The molecule has 3 unspecified atom stereocenters. The summed E-state index contributed by atoms with van der Waals surface area (Å²) in [6.07, 6.45) is 5.28. The zero-order valence-electron chi connectivity index (χ0n) is 15.4. The molecule has 1 heterocycles. The molecule has 4 heteroatoms. The SMILES string of the molecule is CCCN1CC(CSCC(C)=O)CC2c3ccccc3/C(=C\N)CC21. The first kappa shape index (κ1) is 18.5. The van der Waals surface area contributed by atoms with E-state index in [1.165, 1.54) is 29.5 Å². The maximum Gasteiger partial charge on any atom is 0.139 e. The molecule has 1 saturated heterocycles. The van der Waals surface area contributed by atoms with Gasteiger partial charge in [-0.05, 0) is 67.3 Å². The van der Waals surface area contributed by atoms with Gasteiger partial charge in [-0.3, -0.25) is 9.69 Å². The van der Waals surface area contributed by atoms with Gasteiger partial charge in [0, 0.05) is 18.5 Å². The summed E-state index contributed by atoms with van der Waals surface area (Å²) in [7, 11) is 0. The number of piperidine rings is 1. The number of hydrogen-bond acceptors (Lipinski definition) is 4. The lowest BCUT2D eigenvalue weighted by molar-refractivity contribution is -0.114. The molecule has 3 atom stereocenters. The van der Waals surface area contributed by atoms with Crippen LogP contribution in [0.3, 0.4) is 0 Å². The number of fused-ring (bicyclic) bond motifs is 3. The minimum atomic E-state index is 0.282. The highest BCUT2D eigenvalue weighted by Gasteiger charge is 2.40. The van der Waals surface area contributed by atoms with Crippen LogP contribution in [0.5, 0.6) is 0 Å². The number of nitrogens with two attached hydrogens (primary N) is 1. The standard InChI is InChI=1S/C21H30N2OS/c1-3-8-23-12-16(14-25-13-15(2)24)9-20-19-7-5-4-6-18(19)17(11-22)10-21(20)23/h4-7,11,16,20-21H,3,8-10,12-14,22H2,1-2H3/b17-11-. The van der Waals surface area contributed by atoms with Crippen LogP contribution in [-0.2, 0) is 4.79 Å². The lowest BCUT2D eigenvalue weighted by Gasteiger charge is -2.48. The van der Waals surface area contributed by atoms with E-state index < -0.39 is 0 Å². The van der Waals surface area contributed by atoms with Gasteiger partial charge in [-0.15, -0.1) is 0 Å². The summed E-state index contributed by atoms with van der Waals surface area (Å²) in [6.45, 7) is 6.25. The average Bonchev–Trinajstić information content (AvgIpc) is 2.61. The molecule has 0 spiro atoms. The van der Waals surface area contributed by atoms with E-state index in [0.29, 0.717) is 23.6 Å². The Morgan fingerprint density at radius 2 is 2.20 bits per heavy atom. The van der Waals surface area contributed by atoms with Gasteiger partial charge in [0.25, 0.3) is 0 Å². The lowest BCUT2D eigenvalue weighted by atomic mass is 9.70. The Bertz CT molecular complexity index is 643. The van der Waals surface area contributed by atoms with Gasteiger partial charge in [-0.1, -0.05) is 31.2 Å². The molecule has 0 aromatic heterocycles. The normalized spacial score (nSPS) is 27.8. The van der Waals surface area contributed by atoms with Gasteiger partial charge in [0.15, 0.2) is 0 Å². The number of carbonyl (C=O) groups is 1. The molecule has 1 aliphatic carbocycles. The highest BCUT2D eigenvalue weighted by atomic mass is 32.2. The van der Waals surface area contributed by atoms with Crippen LogP contribution < -0.4 is 5.73 Å². The molecule has 3 rings (SSSR count). The van der Waals surface area contributed by atoms with Crippen molar-refractivity contribution in [3.05, 3.63) is 41.6 Å². The summed E-state index contributed by atoms with van der Waals surface area (Å²) in [6, 6.07) is 9.37. The summed E-state index contributed by atoms with van der Waals surface area (Å²) in [5.74, 6) is 3.27. The molecule has 1 aromatic rings. The van der Waals surface area contributed by atoms with E-state index in [0.717, 1.165) is 25.3 Å². The predicted octanol–water partition coefficient (Wildman–Crippen LogP) is 3.90. The second kappa shape index (κ2) is 8.41. The molecule has 0 saturated carbocycles. The first-order chi connectivity index (χ1) is 12.1. The van der Waals surface area contributed by atoms with E-state index in [4.69, 9.17) is 5.73 Å². The van der Waals surface area contributed by atoms with Crippen LogP contribution in [0, 0.1) is 5.92 Å². The summed E-state index contributed by atoms with van der Waals surface area (Å²) in [5.41, 5.74) is 10.1. The van der Waals surface area contributed by atoms with Crippen LogP contribution in [-0.4, -0.2) is 41.3 Å². The van der Waals surface area contributed by atoms with Crippen LogP contribution in [0.4, 0.5) is 0 Å². The van der Waals surface area contributed by atoms with Gasteiger partial charge in [-0.25, -0.2) is 0 Å². The third kappa shape index (κ3) is 4.12. The highest BCUT2D eigenvalue weighted by molar-refractivity contribution is 7.99. The predicted molar refractivity (Wildman–Crippen MR) is 108 cm³/mol. The number of thioether (sulfide) groups is 1. The minimum Gasteiger partial charge on any atom is -0.404 e. The Hall–Kier alpha value is -1.26. The highest BCUT2D eigenvalue weighted by Crippen LogP contribution is 2.46. The first-order valence-electron chi connectivity index (χ1n) is 9.45. The molecule has 3 nitrogen and oxygen atoms in total. The van der Waals surface area contributed by atoms with Crippen molar-refractivity contribution in [2.45, 2.75) is 45.1 Å². The van der Waals surface area contributed by atoms with E-state index in [1.807, 2.05) is 6.20 Å². The number of ketones is 1. The van der Waals surface area contributed by atoms with Crippen LogP contribution in [0.15, 0.2) is 30.5 Å². The summed E-state index contributed by atoms with van der Waals surface area (Å²) in [4.78, 5) is 14.0. The second-order valence-electron chi connectivity index (χ2n) is 7.47. The van der Waals surface area contributed by atoms with E-state index in [-0.39, 0.29) is 5.78 Å². The minimum absolute atomic E-state index is 0.282. The maximum atomic E-state index is 11.3. The Balaban J connectivity index is 1.84. The topological polar surface area (TPSA) is 46.3 Å². The van der Waals surface area contributed by atoms with E-state index in [1.54, 1.807) is 18.7 Å². The fourth-order valence-corrected chi connectivity index (χ4v) is 5.54. The van der Waals surface area contributed by atoms with E-state index in [2.05, 4.69) is 36.1 Å². The Kier molecular flexibility index (Phi) is 6.24. The molecule has 0 radical (unpaired) electrons. The van der Waals surface area contributed by atoms with Gasteiger partial charge >= 0.3 is 0 Å². The zero-order chi connectivity index (χ0) is 17.8. The zero-order valence-corrected chi connectivity index (χ0v) is 16.2. The Labute approximate surface area is 156 Å². The van der Waals surface area contributed by atoms with Gasteiger partial charge in [0.05, 0.1) is 5.75 Å². The average molecular weight is 359 g/mol. The molecule has 136 valence electrons. The molecule has 0 amide bonds. The van der Waals surface area contributed by atoms with Crippen molar-refractivity contribution in [2.24, 2.45) is 11.7 Å². The number of benzene rings is 1. The lowest BCUT2D eigenvalue weighted by Crippen LogP contribution is -2.50. The first-order valence-corrected chi connectivity index (χ1v) is 10.6. The molecule has 2 aliphatic rings. The largest absolute Gasteiger partial charge is 0.404 e. The second-order valence-corrected chi connectivity index (χ2v) is 8.50. The third-order valence-corrected chi connectivity index (χ3v) is 6.84. The van der Waals surface area contributed by atoms with Gasteiger partial charge in [0.2, 0.25) is 0 Å². The third-order valence-electron chi connectivity index (χ3n) is 5.52. The van der Waals surface area contributed by atoms with Crippen molar-refractivity contribution in [2.75, 3.05) is 24.6 Å². The molecule has 0 bridgehead atoms. The van der Waals surface area contributed by atoms with Crippen molar-refractivity contribution in [1.82, 2.24) is 4.90 Å². The van der Waals surface area contributed by atoms with Crippen LogP contribution in [0.2, 0.25) is 0 Å². The maximum absolute atomic E-state index is 11.3. The van der Waals surface area contributed by atoms with Crippen molar-refractivity contribution >= 4 is 23.1 Å². The van der Waals surface area contributed by atoms with Crippen LogP contribution in [0.25, 0.3) is 5.57 Å². The molecular formula is C21H30N2OS. The fourth-order valence-electron chi connectivity index (χ4n) is 4.56. The smallest absolute Gasteiger partial charge is 0.139 e. The van der Waals surface area contributed by atoms with E-state index >= 15 is 0 Å². The number of likely N-dealkylation sites (tertiary alicyclic amines) is 1. The van der Waals surface area contributed by atoms with Crippen molar-refractivity contribution in [3.63, 3.8) is 0 Å². The number of rotatable bonds is 6. The molecule has 1 fully saturated rings. The monoisotopic (exact) mass is 358 g/mol. The molecule has 2 N–H and O–H groups in total. The number of hydrogen-bond donors (Lipinski definition) is 1. The molecule has 25 heavy (non-hydrogen) atoms. The van der Waals surface area contributed by atoms with Crippen LogP contribution in [0.1, 0.15) is 50.2 Å². The van der Waals surface area contributed by atoms with Crippen LogP contribution >= 0.6 is 11.8 Å². The molecular weight excluding hydrogens is 328 g/mol. The number of Topliss-reactive ketones (excluding diaryl/α,β-unsaturated/α-hetero) is 1. The summed E-state index contributed by atoms with van der Waals surface area (Å²) < 4.78 is 0. The van der Waals surface area contributed by atoms with Gasteiger partial charge in [0.1, 0.15) is 5.78 Å². The molecule has 1 aliphatic heterocycles. The fraction of sp³-hybridized carbons (Fsp3) is 0.571. The Morgan fingerprint density at radius 3 is 2.92 bits per heavy atom.